The van der Waals surface area contributed by atoms with Gasteiger partial charge in [0.1, 0.15) is 5.75 Å². The summed E-state index contributed by atoms with van der Waals surface area (Å²) in [7, 11) is 1.69. The second kappa shape index (κ2) is 8.74. The van der Waals surface area contributed by atoms with Gasteiger partial charge >= 0.3 is 0 Å². The maximum Gasteiger partial charge on any atom is 0.118 e. The van der Waals surface area contributed by atoms with Crippen molar-refractivity contribution in [3.63, 3.8) is 0 Å². The lowest BCUT2D eigenvalue weighted by Gasteiger charge is -2.14. The van der Waals surface area contributed by atoms with Crippen LogP contribution in [0.1, 0.15) is 24.0 Å². The summed E-state index contributed by atoms with van der Waals surface area (Å²) in [5.41, 5.74) is 2.75. The van der Waals surface area contributed by atoms with Crippen LogP contribution in [0.3, 0.4) is 0 Å². The predicted octanol–water partition coefficient (Wildman–Crippen LogP) is 5.12. The van der Waals surface area contributed by atoms with E-state index in [-0.39, 0.29) is 0 Å². The molecule has 0 saturated heterocycles. The number of aryl methyl sites for hydroxylation is 1. The fourth-order valence-corrected chi connectivity index (χ4v) is 2.83. The number of benzene rings is 2. The average molecular weight is 303 g/mol. The van der Waals surface area contributed by atoms with Gasteiger partial charge in [0.15, 0.2) is 0 Å². The Labute approximate surface area is 132 Å². The minimum atomic E-state index is 0.545. The Morgan fingerprint density at radius 2 is 1.67 bits per heavy atom. The van der Waals surface area contributed by atoms with Gasteiger partial charge in [0.05, 0.1) is 7.11 Å². The lowest BCUT2D eigenvalue weighted by molar-refractivity contribution is 0.414. The van der Waals surface area contributed by atoms with Crippen LogP contribution in [0, 0.1) is 5.92 Å². The third-order valence-corrected chi connectivity index (χ3v) is 4.26. The number of ether oxygens (including phenoxy) is 1. The Kier molecular flexibility index (Phi) is 6.62. The molecular formula is C19H23ClO. The van der Waals surface area contributed by atoms with Crippen LogP contribution in [0.2, 0.25) is 0 Å². The highest BCUT2D eigenvalue weighted by atomic mass is 35.5. The van der Waals surface area contributed by atoms with E-state index in [1.807, 2.05) is 12.1 Å². The van der Waals surface area contributed by atoms with E-state index in [0.29, 0.717) is 5.92 Å². The molecule has 1 unspecified atom stereocenters. The van der Waals surface area contributed by atoms with Crippen molar-refractivity contribution in [1.82, 2.24) is 0 Å². The molecule has 0 saturated carbocycles. The van der Waals surface area contributed by atoms with Crippen molar-refractivity contribution in [2.24, 2.45) is 5.92 Å². The van der Waals surface area contributed by atoms with E-state index in [1.54, 1.807) is 7.11 Å². The molecule has 2 rings (SSSR count). The van der Waals surface area contributed by atoms with Gasteiger partial charge in [0.25, 0.3) is 0 Å². The molecule has 21 heavy (non-hydrogen) atoms. The van der Waals surface area contributed by atoms with Crippen molar-refractivity contribution >= 4 is 11.6 Å². The number of hydrogen-bond donors (Lipinski definition) is 0. The molecule has 0 spiro atoms. The molecule has 0 N–H and O–H groups in total. The Hall–Kier alpha value is -1.47. The Bertz CT molecular complexity index is 507. The van der Waals surface area contributed by atoms with Crippen molar-refractivity contribution in [2.75, 3.05) is 13.0 Å². The van der Waals surface area contributed by atoms with Crippen molar-refractivity contribution in [1.29, 1.82) is 0 Å². The second-order valence-electron chi connectivity index (χ2n) is 5.45. The molecule has 112 valence electrons. The lowest BCUT2D eigenvalue weighted by Crippen LogP contribution is -2.07. The smallest absolute Gasteiger partial charge is 0.118 e. The Balaban J connectivity index is 1.79. The van der Waals surface area contributed by atoms with Gasteiger partial charge < -0.3 is 4.74 Å². The SMILES string of the molecule is COc1ccc(CC(CCl)CCCc2ccccc2)cc1. The predicted molar refractivity (Wildman–Crippen MR) is 90.3 cm³/mol. The first-order valence-corrected chi connectivity index (χ1v) is 8.08. The number of alkyl halides is 1. The van der Waals surface area contributed by atoms with Crippen LogP contribution in [0.4, 0.5) is 0 Å². The molecule has 0 aliphatic carbocycles. The molecule has 0 fully saturated rings. The van der Waals surface area contributed by atoms with Crippen molar-refractivity contribution in [2.45, 2.75) is 25.7 Å². The molecule has 0 aliphatic heterocycles. The zero-order valence-electron chi connectivity index (χ0n) is 12.6. The van der Waals surface area contributed by atoms with Gasteiger partial charge in [-0.1, -0.05) is 42.5 Å². The molecule has 2 aromatic rings. The van der Waals surface area contributed by atoms with Gasteiger partial charge in [-0.15, -0.1) is 11.6 Å². The van der Waals surface area contributed by atoms with E-state index in [2.05, 4.69) is 42.5 Å². The highest BCUT2D eigenvalue weighted by Gasteiger charge is 2.09. The van der Waals surface area contributed by atoms with Crippen LogP contribution in [-0.2, 0) is 12.8 Å². The van der Waals surface area contributed by atoms with E-state index >= 15 is 0 Å². The van der Waals surface area contributed by atoms with E-state index in [0.717, 1.165) is 24.5 Å². The van der Waals surface area contributed by atoms with Crippen LogP contribution in [0.25, 0.3) is 0 Å². The number of rotatable bonds is 8. The summed E-state index contributed by atoms with van der Waals surface area (Å²) < 4.78 is 5.19. The topological polar surface area (TPSA) is 9.23 Å². The largest absolute Gasteiger partial charge is 0.497 e. The first-order chi connectivity index (χ1) is 10.3. The molecule has 0 bridgehead atoms. The second-order valence-corrected chi connectivity index (χ2v) is 5.76. The molecule has 0 aliphatic rings. The van der Waals surface area contributed by atoms with Crippen LogP contribution < -0.4 is 4.74 Å². The van der Waals surface area contributed by atoms with Gasteiger partial charge in [0, 0.05) is 5.88 Å². The van der Waals surface area contributed by atoms with E-state index in [9.17, 15) is 0 Å². The third kappa shape index (κ3) is 5.43. The fraction of sp³-hybridized carbons (Fsp3) is 0.368. The minimum absolute atomic E-state index is 0.545. The molecule has 1 nitrogen and oxygen atoms in total. The van der Waals surface area contributed by atoms with E-state index < -0.39 is 0 Å². The van der Waals surface area contributed by atoms with Crippen molar-refractivity contribution < 1.29 is 4.74 Å². The van der Waals surface area contributed by atoms with E-state index in [1.165, 1.54) is 24.0 Å². The molecule has 0 heterocycles. The first-order valence-electron chi connectivity index (χ1n) is 7.54. The number of halogens is 1. The highest BCUT2D eigenvalue weighted by molar-refractivity contribution is 6.18. The summed E-state index contributed by atoms with van der Waals surface area (Å²) in [5, 5.41) is 0. The normalized spacial score (nSPS) is 12.1. The van der Waals surface area contributed by atoms with Gasteiger partial charge in [-0.3, -0.25) is 0 Å². The van der Waals surface area contributed by atoms with Gasteiger partial charge in [0.2, 0.25) is 0 Å². The molecule has 0 radical (unpaired) electrons. The Morgan fingerprint density at radius 1 is 0.952 bits per heavy atom. The highest BCUT2D eigenvalue weighted by Crippen LogP contribution is 2.19. The minimum Gasteiger partial charge on any atom is -0.497 e. The third-order valence-electron chi connectivity index (χ3n) is 3.82. The average Bonchev–Trinajstić information content (AvgIpc) is 2.55. The summed E-state index contributed by atoms with van der Waals surface area (Å²) in [5.74, 6) is 2.18. The number of methoxy groups -OCH3 is 1. The summed E-state index contributed by atoms with van der Waals surface area (Å²) in [6.45, 7) is 0. The first kappa shape index (κ1) is 15.9. The maximum absolute atomic E-state index is 6.13. The lowest BCUT2D eigenvalue weighted by atomic mass is 9.94. The standard InChI is InChI=1S/C19H23ClO/c1-21-19-12-10-17(11-13-19)14-18(15-20)9-5-8-16-6-3-2-4-7-16/h2-4,6-7,10-13,18H,5,8-9,14-15H2,1H3. The number of hydrogen-bond acceptors (Lipinski definition) is 1. The van der Waals surface area contributed by atoms with Gasteiger partial charge in [-0.05, 0) is 54.9 Å². The van der Waals surface area contributed by atoms with Crippen LogP contribution in [0.15, 0.2) is 54.6 Å². The Morgan fingerprint density at radius 3 is 2.29 bits per heavy atom. The molecule has 1 atom stereocenters. The quantitative estimate of drug-likeness (QED) is 0.615. The molecule has 2 heteroatoms. The summed E-state index contributed by atoms with van der Waals surface area (Å²) in [6.07, 6.45) is 4.54. The van der Waals surface area contributed by atoms with Crippen molar-refractivity contribution in [3.8, 4) is 5.75 Å². The zero-order chi connectivity index (χ0) is 14.9. The molecule has 0 aromatic heterocycles. The summed E-state index contributed by atoms with van der Waals surface area (Å²) in [4.78, 5) is 0. The summed E-state index contributed by atoms with van der Waals surface area (Å²) in [6, 6.07) is 19.0. The van der Waals surface area contributed by atoms with Crippen LogP contribution in [0.5, 0.6) is 5.75 Å². The zero-order valence-corrected chi connectivity index (χ0v) is 13.4. The molecular weight excluding hydrogens is 280 g/mol. The van der Waals surface area contributed by atoms with Gasteiger partial charge in [-0.2, -0.15) is 0 Å². The molecule has 0 amide bonds. The maximum atomic E-state index is 6.13. The summed E-state index contributed by atoms with van der Waals surface area (Å²) >= 11 is 6.13. The fourth-order valence-electron chi connectivity index (χ4n) is 2.57. The van der Waals surface area contributed by atoms with Crippen molar-refractivity contribution in [3.05, 3.63) is 65.7 Å². The van der Waals surface area contributed by atoms with Gasteiger partial charge in [-0.25, -0.2) is 0 Å². The van der Waals surface area contributed by atoms with E-state index in [4.69, 9.17) is 16.3 Å². The van der Waals surface area contributed by atoms with Crippen LogP contribution >= 0.6 is 11.6 Å². The molecule has 2 aromatic carbocycles. The van der Waals surface area contributed by atoms with Crippen LogP contribution in [-0.4, -0.2) is 13.0 Å². The monoisotopic (exact) mass is 302 g/mol.